The molecule has 138 valence electrons. The minimum atomic E-state index is -4.20. The maximum atomic E-state index is 12.7. The largest absolute Gasteiger partial charge is 0.361 e. The molecule has 2 aromatic heterocycles. The van der Waals surface area contributed by atoms with Gasteiger partial charge in [0, 0.05) is 18.6 Å². The lowest BCUT2D eigenvalue weighted by molar-refractivity contribution is 0.0979. The standard InChI is InChI=1S/C15H15BrN4O5S/c1-7-13(8(2)25-17-7)14(21)18-26(23,24)12-6-11-10(5-9(12)16)19(3)15(22)20(11)4/h5-6H,1-4H3,(H,18,21). The van der Waals surface area contributed by atoms with E-state index >= 15 is 0 Å². The summed E-state index contributed by atoms with van der Waals surface area (Å²) in [6, 6.07) is 2.86. The molecule has 0 saturated carbocycles. The van der Waals surface area contributed by atoms with Gasteiger partial charge in [0.1, 0.15) is 16.2 Å². The molecule has 1 amide bonds. The Morgan fingerprint density at radius 1 is 1.19 bits per heavy atom. The van der Waals surface area contributed by atoms with E-state index in [9.17, 15) is 18.0 Å². The number of imidazole rings is 1. The van der Waals surface area contributed by atoms with E-state index in [1.807, 2.05) is 4.72 Å². The van der Waals surface area contributed by atoms with Crippen LogP contribution in [0.25, 0.3) is 11.0 Å². The van der Waals surface area contributed by atoms with Crippen LogP contribution in [0.3, 0.4) is 0 Å². The highest BCUT2D eigenvalue weighted by Crippen LogP contribution is 2.27. The van der Waals surface area contributed by atoms with Gasteiger partial charge in [0.2, 0.25) is 0 Å². The van der Waals surface area contributed by atoms with E-state index in [1.54, 1.807) is 14.0 Å². The molecule has 3 aromatic rings. The second-order valence-corrected chi connectivity index (χ2v) is 8.31. The molecule has 2 heterocycles. The van der Waals surface area contributed by atoms with Crippen molar-refractivity contribution < 1.29 is 17.7 Å². The lowest BCUT2D eigenvalue weighted by atomic mass is 10.2. The van der Waals surface area contributed by atoms with Gasteiger partial charge in [-0.1, -0.05) is 5.16 Å². The molecule has 9 nitrogen and oxygen atoms in total. The maximum absolute atomic E-state index is 12.7. The number of rotatable bonds is 3. The Hall–Kier alpha value is -2.40. The lowest BCUT2D eigenvalue weighted by Gasteiger charge is -2.09. The highest BCUT2D eigenvalue weighted by Gasteiger charge is 2.26. The van der Waals surface area contributed by atoms with Crippen molar-refractivity contribution in [2.75, 3.05) is 0 Å². The van der Waals surface area contributed by atoms with Gasteiger partial charge in [-0.25, -0.2) is 17.9 Å². The number of nitrogens with zero attached hydrogens (tertiary/aromatic N) is 3. The predicted octanol–water partition coefficient (Wildman–Crippen LogP) is 1.36. The third-order valence-electron chi connectivity index (χ3n) is 4.10. The predicted molar refractivity (Wildman–Crippen MR) is 96.5 cm³/mol. The quantitative estimate of drug-likeness (QED) is 0.654. The second-order valence-electron chi connectivity index (χ2n) is 5.81. The first-order chi connectivity index (χ1) is 12.0. The zero-order valence-corrected chi connectivity index (χ0v) is 16.7. The monoisotopic (exact) mass is 442 g/mol. The number of hydrogen-bond donors (Lipinski definition) is 1. The van der Waals surface area contributed by atoms with E-state index in [1.165, 1.54) is 35.2 Å². The lowest BCUT2D eigenvalue weighted by Crippen LogP contribution is -2.31. The van der Waals surface area contributed by atoms with Crippen LogP contribution in [0, 0.1) is 13.8 Å². The third-order valence-corrected chi connectivity index (χ3v) is 6.39. The number of hydrogen-bond acceptors (Lipinski definition) is 6. The third kappa shape index (κ3) is 2.76. The van der Waals surface area contributed by atoms with Crippen LogP contribution in [-0.2, 0) is 24.1 Å². The van der Waals surface area contributed by atoms with E-state index in [4.69, 9.17) is 4.52 Å². The Kier molecular flexibility index (Phi) is 4.31. The molecule has 0 aliphatic heterocycles. The molecule has 0 radical (unpaired) electrons. The number of halogens is 1. The highest BCUT2D eigenvalue weighted by atomic mass is 79.9. The van der Waals surface area contributed by atoms with Crippen molar-refractivity contribution in [2.45, 2.75) is 18.7 Å². The van der Waals surface area contributed by atoms with Crippen LogP contribution in [0.5, 0.6) is 0 Å². The fraction of sp³-hybridized carbons (Fsp3) is 0.267. The van der Waals surface area contributed by atoms with Crippen molar-refractivity contribution in [1.82, 2.24) is 19.0 Å². The number of carbonyl (C=O) groups excluding carboxylic acids is 1. The van der Waals surface area contributed by atoms with Crippen LogP contribution < -0.4 is 10.4 Å². The number of benzene rings is 1. The number of aromatic nitrogens is 3. The first-order valence-electron chi connectivity index (χ1n) is 7.39. The molecule has 11 heteroatoms. The molecular weight excluding hydrogens is 428 g/mol. The van der Waals surface area contributed by atoms with E-state index in [0.717, 1.165) is 0 Å². The van der Waals surface area contributed by atoms with Crippen molar-refractivity contribution in [1.29, 1.82) is 0 Å². The van der Waals surface area contributed by atoms with Crippen molar-refractivity contribution in [2.24, 2.45) is 14.1 Å². The average molecular weight is 443 g/mol. The molecule has 1 N–H and O–H groups in total. The van der Waals surface area contributed by atoms with E-state index in [0.29, 0.717) is 11.0 Å². The van der Waals surface area contributed by atoms with Crippen molar-refractivity contribution in [3.05, 3.63) is 44.1 Å². The zero-order chi connectivity index (χ0) is 19.4. The topological polar surface area (TPSA) is 116 Å². The van der Waals surface area contributed by atoms with Gasteiger partial charge in [-0.15, -0.1) is 0 Å². The molecule has 1 aromatic carbocycles. The smallest absolute Gasteiger partial charge is 0.328 e. The number of carbonyl (C=O) groups is 1. The van der Waals surface area contributed by atoms with E-state index < -0.39 is 15.9 Å². The van der Waals surface area contributed by atoms with E-state index in [-0.39, 0.29) is 32.1 Å². The number of fused-ring (bicyclic) bond motifs is 1. The zero-order valence-electron chi connectivity index (χ0n) is 14.3. The molecule has 0 bridgehead atoms. The molecule has 3 rings (SSSR count). The fourth-order valence-electron chi connectivity index (χ4n) is 2.74. The van der Waals surface area contributed by atoms with Gasteiger partial charge in [0.25, 0.3) is 15.9 Å². The number of sulfonamides is 1. The Bertz CT molecular complexity index is 1200. The van der Waals surface area contributed by atoms with Crippen LogP contribution in [-0.4, -0.2) is 28.6 Å². The first-order valence-corrected chi connectivity index (χ1v) is 9.67. The Balaban J connectivity index is 2.10. The van der Waals surface area contributed by atoms with Gasteiger partial charge in [0.05, 0.1) is 16.7 Å². The molecule has 0 unspecified atom stereocenters. The summed E-state index contributed by atoms with van der Waals surface area (Å²) in [5.41, 5.74) is 1.04. The van der Waals surface area contributed by atoms with Crippen molar-refractivity contribution in [3.63, 3.8) is 0 Å². The summed E-state index contributed by atoms with van der Waals surface area (Å²) in [7, 11) is -1.08. The summed E-state index contributed by atoms with van der Waals surface area (Å²) in [6.07, 6.45) is 0. The fourth-order valence-corrected chi connectivity index (χ4v) is 4.75. The first kappa shape index (κ1) is 18.4. The molecule has 0 atom stereocenters. The van der Waals surface area contributed by atoms with Crippen molar-refractivity contribution >= 4 is 42.9 Å². The molecule has 0 spiro atoms. The molecule has 0 aliphatic rings. The Morgan fingerprint density at radius 3 is 2.31 bits per heavy atom. The van der Waals surface area contributed by atoms with Gasteiger partial charge in [0.15, 0.2) is 0 Å². The van der Waals surface area contributed by atoms with Gasteiger partial charge < -0.3 is 4.52 Å². The van der Waals surface area contributed by atoms with Gasteiger partial charge in [-0.05, 0) is 41.9 Å². The summed E-state index contributed by atoms with van der Waals surface area (Å²) in [5, 5.41) is 3.64. The molecule has 0 fully saturated rings. The number of aryl methyl sites for hydroxylation is 4. The number of amides is 1. The van der Waals surface area contributed by atoms with Crippen LogP contribution in [0.4, 0.5) is 0 Å². The van der Waals surface area contributed by atoms with Crippen LogP contribution in [0.2, 0.25) is 0 Å². The van der Waals surface area contributed by atoms with Gasteiger partial charge >= 0.3 is 5.69 Å². The summed E-state index contributed by atoms with van der Waals surface area (Å²) in [4.78, 5) is 24.3. The Labute approximate surface area is 156 Å². The normalized spacial score (nSPS) is 11.9. The second kappa shape index (κ2) is 6.09. The SMILES string of the molecule is Cc1noc(C)c1C(=O)NS(=O)(=O)c1cc2c(cc1Br)n(C)c(=O)n2C. The Morgan fingerprint density at radius 2 is 1.77 bits per heavy atom. The minimum absolute atomic E-state index is 0.0675. The van der Waals surface area contributed by atoms with E-state index in [2.05, 4.69) is 21.1 Å². The summed E-state index contributed by atoms with van der Waals surface area (Å²) in [5.74, 6) is -0.620. The maximum Gasteiger partial charge on any atom is 0.328 e. The number of nitrogens with one attached hydrogen (secondary N) is 1. The summed E-state index contributed by atoms with van der Waals surface area (Å²) >= 11 is 3.20. The highest BCUT2D eigenvalue weighted by molar-refractivity contribution is 9.10. The van der Waals surface area contributed by atoms with Crippen LogP contribution in [0.15, 0.2) is 30.8 Å². The van der Waals surface area contributed by atoms with Gasteiger partial charge in [-0.2, -0.15) is 0 Å². The van der Waals surface area contributed by atoms with Crippen molar-refractivity contribution in [3.8, 4) is 0 Å². The molecule has 0 saturated heterocycles. The van der Waals surface area contributed by atoms with Gasteiger partial charge in [-0.3, -0.25) is 13.9 Å². The summed E-state index contributed by atoms with van der Waals surface area (Å²) < 4.78 is 35.3. The molecule has 26 heavy (non-hydrogen) atoms. The molecular formula is C15H15BrN4O5S. The minimum Gasteiger partial charge on any atom is -0.361 e. The van der Waals surface area contributed by atoms with Crippen LogP contribution >= 0.6 is 15.9 Å². The summed E-state index contributed by atoms with van der Waals surface area (Å²) in [6.45, 7) is 3.06. The molecule has 0 aliphatic carbocycles. The average Bonchev–Trinajstić information content (AvgIpc) is 2.99. The van der Waals surface area contributed by atoms with Crippen LogP contribution in [0.1, 0.15) is 21.8 Å².